The van der Waals surface area contributed by atoms with Gasteiger partial charge >= 0.3 is 0 Å². The van der Waals surface area contributed by atoms with E-state index in [1.54, 1.807) is 6.20 Å². The second kappa shape index (κ2) is 9.99. The molecule has 0 saturated heterocycles. The molecule has 0 radical (unpaired) electrons. The Morgan fingerprint density at radius 2 is 1.93 bits per heavy atom. The number of pyridine rings is 1. The molecule has 0 aliphatic heterocycles. The Bertz CT molecular complexity index is 939. The standard InChI is InChI=1S/C23H26ClN3OS/c1-15(2)13-20(12-11-19-10-9-18(24)14-25-19)27-23(28)22-21(26-16(3)29-22)17-7-5-4-6-8-17/h4-10,14-15,20H,11-13H2,1-3H3,(H,27,28)/t20-/m1/s1. The number of benzene rings is 1. The fourth-order valence-corrected chi connectivity index (χ4v) is 4.27. The van der Waals surface area contributed by atoms with Crippen LogP contribution in [0.1, 0.15) is 47.1 Å². The van der Waals surface area contributed by atoms with Crippen LogP contribution in [0.2, 0.25) is 5.02 Å². The lowest BCUT2D eigenvalue weighted by Gasteiger charge is -2.20. The van der Waals surface area contributed by atoms with Gasteiger partial charge in [0.2, 0.25) is 0 Å². The zero-order chi connectivity index (χ0) is 20.8. The highest BCUT2D eigenvalue weighted by Gasteiger charge is 2.21. The zero-order valence-corrected chi connectivity index (χ0v) is 18.6. The molecule has 3 rings (SSSR count). The number of aryl methyl sites for hydroxylation is 2. The van der Waals surface area contributed by atoms with Crippen LogP contribution in [0.3, 0.4) is 0 Å². The first kappa shape index (κ1) is 21.5. The number of aromatic nitrogens is 2. The number of thiazole rings is 1. The Hall–Kier alpha value is -2.24. The molecule has 1 atom stereocenters. The molecule has 3 aromatic rings. The van der Waals surface area contributed by atoms with Crippen molar-refractivity contribution >= 4 is 28.8 Å². The van der Waals surface area contributed by atoms with Crippen LogP contribution in [-0.2, 0) is 6.42 Å². The number of hydrogen-bond acceptors (Lipinski definition) is 4. The topological polar surface area (TPSA) is 54.9 Å². The number of carbonyl (C=O) groups excluding carboxylic acids is 1. The summed E-state index contributed by atoms with van der Waals surface area (Å²) in [7, 11) is 0. The van der Waals surface area contributed by atoms with Crippen LogP contribution in [0.25, 0.3) is 11.3 Å². The van der Waals surface area contributed by atoms with Crippen molar-refractivity contribution in [3.8, 4) is 11.3 Å². The molecular formula is C23H26ClN3OS. The van der Waals surface area contributed by atoms with Gasteiger partial charge in [0.15, 0.2) is 0 Å². The summed E-state index contributed by atoms with van der Waals surface area (Å²) in [4.78, 5) is 22.8. The zero-order valence-electron chi connectivity index (χ0n) is 17.0. The van der Waals surface area contributed by atoms with E-state index in [-0.39, 0.29) is 11.9 Å². The third-order valence-corrected chi connectivity index (χ3v) is 5.81. The molecular weight excluding hydrogens is 402 g/mol. The minimum absolute atomic E-state index is 0.0517. The average Bonchev–Trinajstić information content (AvgIpc) is 3.09. The molecule has 2 aromatic heterocycles. The molecule has 152 valence electrons. The van der Waals surface area contributed by atoms with Gasteiger partial charge < -0.3 is 5.32 Å². The molecule has 29 heavy (non-hydrogen) atoms. The molecule has 1 amide bonds. The van der Waals surface area contributed by atoms with E-state index in [1.165, 1.54) is 11.3 Å². The van der Waals surface area contributed by atoms with E-state index in [9.17, 15) is 4.79 Å². The Morgan fingerprint density at radius 3 is 2.59 bits per heavy atom. The molecule has 0 unspecified atom stereocenters. The minimum Gasteiger partial charge on any atom is -0.349 e. The summed E-state index contributed by atoms with van der Waals surface area (Å²) in [6.07, 6.45) is 4.20. The van der Waals surface area contributed by atoms with Crippen molar-refractivity contribution in [3.63, 3.8) is 0 Å². The van der Waals surface area contributed by atoms with Crippen molar-refractivity contribution in [3.05, 3.63) is 69.3 Å². The summed E-state index contributed by atoms with van der Waals surface area (Å²) in [5.74, 6) is 0.430. The SMILES string of the molecule is Cc1nc(-c2ccccc2)c(C(=O)N[C@H](CCc2ccc(Cl)cn2)CC(C)C)s1. The summed E-state index contributed by atoms with van der Waals surface area (Å²) in [5.41, 5.74) is 2.71. The number of hydrogen-bond donors (Lipinski definition) is 1. The summed E-state index contributed by atoms with van der Waals surface area (Å²) in [5, 5.41) is 4.77. The summed E-state index contributed by atoms with van der Waals surface area (Å²) in [6, 6.07) is 13.7. The van der Waals surface area contributed by atoms with Crippen molar-refractivity contribution in [2.45, 2.75) is 46.1 Å². The van der Waals surface area contributed by atoms with Gasteiger partial charge in [-0.2, -0.15) is 0 Å². The average molecular weight is 428 g/mol. The fraction of sp³-hybridized carbons (Fsp3) is 0.348. The lowest BCUT2D eigenvalue weighted by molar-refractivity contribution is 0.0934. The lowest BCUT2D eigenvalue weighted by atomic mass is 9.98. The van der Waals surface area contributed by atoms with Crippen molar-refractivity contribution in [1.29, 1.82) is 0 Å². The van der Waals surface area contributed by atoms with Gasteiger partial charge in [0.05, 0.1) is 15.7 Å². The Morgan fingerprint density at radius 1 is 1.17 bits per heavy atom. The molecule has 2 heterocycles. The quantitative estimate of drug-likeness (QED) is 0.483. The van der Waals surface area contributed by atoms with E-state index in [1.807, 2.05) is 49.4 Å². The first-order valence-corrected chi connectivity index (χ1v) is 11.1. The summed E-state index contributed by atoms with van der Waals surface area (Å²) >= 11 is 7.37. The van der Waals surface area contributed by atoms with Gasteiger partial charge in [-0.3, -0.25) is 9.78 Å². The third-order valence-electron chi connectivity index (χ3n) is 4.62. The number of nitrogens with zero attached hydrogens (tertiary/aromatic N) is 2. The smallest absolute Gasteiger partial charge is 0.263 e. The first-order chi connectivity index (χ1) is 13.9. The van der Waals surface area contributed by atoms with Crippen LogP contribution in [0.4, 0.5) is 0 Å². The van der Waals surface area contributed by atoms with Gasteiger partial charge in [-0.1, -0.05) is 55.8 Å². The van der Waals surface area contributed by atoms with Gasteiger partial charge in [-0.05, 0) is 44.2 Å². The molecule has 4 nitrogen and oxygen atoms in total. The maximum absolute atomic E-state index is 13.1. The van der Waals surface area contributed by atoms with Crippen LogP contribution in [-0.4, -0.2) is 21.9 Å². The highest BCUT2D eigenvalue weighted by molar-refractivity contribution is 7.14. The van der Waals surface area contributed by atoms with Crippen LogP contribution in [0, 0.1) is 12.8 Å². The van der Waals surface area contributed by atoms with Crippen LogP contribution >= 0.6 is 22.9 Å². The number of nitrogens with one attached hydrogen (secondary N) is 1. The van der Waals surface area contributed by atoms with Crippen molar-refractivity contribution in [1.82, 2.24) is 15.3 Å². The Labute approximate surface area is 181 Å². The second-order valence-corrected chi connectivity index (χ2v) is 9.22. The fourth-order valence-electron chi connectivity index (χ4n) is 3.32. The minimum atomic E-state index is -0.0517. The summed E-state index contributed by atoms with van der Waals surface area (Å²) in [6.45, 7) is 6.28. The molecule has 1 aromatic carbocycles. The maximum Gasteiger partial charge on any atom is 0.263 e. The second-order valence-electron chi connectivity index (χ2n) is 7.58. The highest BCUT2D eigenvalue weighted by Crippen LogP contribution is 2.28. The molecule has 0 fully saturated rings. The van der Waals surface area contributed by atoms with Gasteiger partial charge in [-0.15, -0.1) is 11.3 Å². The predicted molar refractivity (Wildman–Crippen MR) is 121 cm³/mol. The molecule has 0 aliphatic carbocycles. The molecule has 1 N–H and O–H groups in total. The maximum atomic E-state index is 13.1. The van der Waals surface area contributed by atoms with Crippen molar-refractivity contribution < 1.29 is 4.79 Å². The molecule has 0 saturated carbocycles. The monoisotopic (exact) mass is 427 g/mol. The number of carbonyl (C=O) groups is 1. The van der Waals surface area contributed by atoms with Gasteiger partial charge in [0.25, 0.3) is 5.91 Å². The van der Waals surface area contributed by atoms with E-state index in [0.29, 0.717) is 15.8 Å². The molecule has 0 spiro atoms. The molecule has 0 bridgehead atoms. The van der Waals surface area contributed by atoms with E-state index in [0.717, 1.165) is 41.2 Å². The predicted octanol–water partition coefficient (Wildman–Crippen LogP) is 5.94. The van der Waals surface area contributed by atoms with Crippen LogP contribution in [0.15, 0.2) is 48.7 Å². The van der Waals surface area contributed by atoms with Crippen LogP contribution < -0.4 is 5.32 Å². The van der Waals surface area contributed by atoms with E-state index >= 15 is 0 Å². The highest BCUT2D eigenvalue weighted by atomic mass is 35.5. The van der Waals surface area contributed by atoms with Gasteiger partial charge in [0.1, 0.15) is 4.88 Å². The van der Waals surface area contributed by atoms with Crippen molar-refractivity contribution in [2.24, 2.45) is 5.92 Å². The largest absolute Gasteiger partial charge is 0.349 e. The molecule has 6 heteroatoms. The summed E-state index contributed by atoms with van der Waals surface area (Å²) < 4.78 is 0. The third kappa shape index (κ3) is 6.12. The molecule has 0 aliphatic rings. The lowest BCUT2D eigenvalue weighted by Crippen LogP contribution is -2.36. The normalized spacial score (nSPS) is 12.2. The first-order valence-electron chi connectivity index (χ1n) is 9.86. The number of halogens is 1. The van der Waals surface area contributed by atoms with Gasteiger partial charge in [0, 0.05) is 23.5 Å². The number of amides is 1. The Kier molecular flexibility index (Phi) is 7.40. The van der Waals surface area contributed by atoms with E-state index in [4.69, 9.17) is 11.6 Å². The number of rotatable bonds is 8. The van der Waals surface area contributed by atoms with Crippen LogP contribution in [0.5, 0.6) is 0 Å². The van der Waals surface area contributed by atoms with E-state index < -0.39 is 0 Å². The van der Waals surface area contributed by atoms with Crippen molar-refractivity contribution in [2.75, 3.05) is 0 Å². The Balaban J connectivity index is 1.74. The van der Waals surface area contributed by atoms with E-state index in [2.05, 4.69) is 29.1 Å². The van der Waals surface area contributed by atoms with Gasteiger partial charge in [-0.25, -0.2) is 4.98 Å².